The lowest BCUT2D eigenvalue weighted by molar-refractivity contribution is 0.139. The number of nitrogens with one attached hydrogen (secondary N) is 1. The van der Waals surface area contributed by atoms with Crippen molar-refractivity contribution in [3.63, 3.8) is 0 Å². The maximum absolute atomic E-state index is 11.5. The molecule has 98 valence electrons. The van der Waals surface area contributed by atoms with E-state index in [1.165, 1.54) is 6.07 Å². The zero-order chi connectivity index (χ0) is 13.5. The van der Waals surface area contributed by atoms with Crippen molar-refractivity contribution >= 4 is 6.09 Å². The first kappa shape index (κ1) is 12.9. The Labute approximate surface area is 110 Å². The van der Waals surface area contributed by atoms with Crippen LogP contribution in [0.5, 0.6) is 5.75 Å². The zero-order valence-electron chi connectivity index (χ0n) is 10.2. The van der Waals surface area contributed by atoms with Crippen molar-refractivity contribution in [1.82, 2.24) is 10.3 Å². The molecule has 1 aromatic carbocycles. The van der Waals surface area contributed by atoms with Crippen molar-refractivity contribution in [3.8, 4) is 5.75 Å². The van der Waals surface area contributed by atoms with Crippen molar-refractivity contribution in [2.45, 2.75) is 13.2 Å². The van der Waals surface area contributed by atoms with Crippen LogP contribution < -0.4 is 5.32 Å². The molecular weight excluding hydrogens is 244 g/mol. The van der Waals surface area contributed by atoms with Gasteiger partial charge in [-0.2, -0.15) is 0 Å². The van der Waals surface area contributed by atoms with Crippen LogP contribution in [0.25, 0.3) is 0 Å². The summed E-state index contributed by atoms with van der Waals surface area (Å²) in [6.07, 6.45) is 1.00. The van der Waals surface area contributed by atoms with Crippen LogP contribution in [0, 0.1) is 0 Å². The number of rotatable bonds is 4. The SMILES string of the molecule is O=C(NCc1ncccc1O)OCc1ccccc1. The molecule has 0 spiro atoms. The first-order valence-electron chi connectivity index (χ1n) is 5.83. The Morgan fingerprint density at radius 2 is 2.00 bits per heavy atom. The molecule has 2 N–H and O–H groups in total. The molecule has 1 amide bonds. The molecule has 0 bridgehead atoms. The number of hydrogen-bond acceptors (Lipinski definition) is 4. The number of aromatic nitrogens is 1. The van der Waals surface area contributed by atoms with Gasteiger partial charge >= 0.3 is 6.09 Å². The molecule has 0 fully saturated rings. The van der Waals surface area contributed by atoms with Gasteiger partial charge in [-0.25, -0.2) is 4.79 Å². The summed E-state index contributed by atoms with van der Waals surface area (Å²) in [7, 11) is 0. The van der Waals surface area contributed by atoms with Crippen molar-refractivity contribution < 1.29 is 14.6 Å². The zero-order valence-corrected chi connectivity index (χ0v) is 10.2. The summed E-state index contributed by atoms with van der Waals surface area (Å²) >= 11 is 0. The topological polar surface area (TPSA) is 71.5 Å². The largest absolute Gasteiger partial charge is 0.506 e. The number of amides is 1. The highest BCUT2D eigenvalue weighted by Crippen LogP contribution is 2.11. The summed E-state index contributed by atoms with van der Waals surface area (Å²) in [5, 5.41) is 12.0. The molecule has 1 aromatic heterocycles. The Morgan fingerprint density at radius 3 is 2.74 bits per heavy atom. The number of nitrogens with zero attached hydrogens (tertiary/aromatic N) is 1. The van der Waals surface area contributed by atoms with E-state index in [9.17, 15) is 9.90 Å². The standard InChI is InChI=1S/C14H14N2O3/c17-13-7-4-8-15-12(13)9-16-14(18)19-10-11-5-2-1-3-6-11/h1-8,17H,9-10H2,(H,16,18). The van der Waals surface area contributed by atoms with Gasteiger partial charge in [0.1, 0.15) is 18.1 Å². The van der Waals surface area contributed by atoms with Crippen molar-refractivity contribution in [1.29, 1.82) is 0 Å². The molecule has 0 radical (unpaired) electrons. The molecule has 0 saturated heterocycles. The number of alkyl carbamates (subject to hydrolysis) is 1. The quantitative estimate of drug-likeness (QED) is 0.882. The maximum atomic E-state index is 11.5. The van der Waals surface area contributed by atoms with Gasteiger partial charge in [0.2, 0.25) is 0 Å². The molecule has 5 nitrogen and oxygen atoms in total. The minimum Gasteiger partial charge on any atom is -0.506 e. The fraction of sp³-hybridized carbons (Fsp3) is 0.143. The minimum absolute atomic E-state index is 0.0471. The van der Waals surface area contributed by atoms with Crippen LogP contribution in [0.3, 0.4) is 0 Å². The lowest BCUT2D eigenvalue weighted by atomic mass is 10.2. The van der Waals surface area contributed by atoms with E-state index in [1.807, 2.05) is 30.3 Å². The van der Waals surface area contributed by atoms with Gasteiger partial charge in [-0.3, -0.25) is 4.98 Å². The normalized spacial score (nSPS) is 9.89. The van der Waals surface area contributed by atoms with Crippen LogP contribution in [-0.2, 0) is 17.9 Å². The van der Waals surface area contributed by atoms with Crippen molar-refractivity contribution in [2.24, 2.45) is 0 Å². The summed E-state index contributed by atoms with van der Waals surface area (Å²) in [5.41, 5.74) is 1.32. The Morgan fingerprint density at radius 1 is 1.21 bits per heavy atom. The Kier molecular flexibility index (Phi) is 4.34. The summed E-state index contributed by atoms with van der Waals surface area (Å²) < 4.78 is 5.03. The van der Waals surface area contributed by atoms with Crippen LogP contribution in [0.15, 0.2) is 48.7 Å². The fourth-order valence-corrected chi connectivity index (χ4v) is 1.50. The summed E-state index contributed by atoms with van der Waals surface area (Å²) in [4.78, 5) is 15.4. The summed E-state index contributed by atoms with van der Waals surface area (Å²) in [6, 6.07) is 12.5. The van der Waals surface area contributed by atoms with Crippen LogP contribution in [-0.4, -0.2) is 16.2 Å². The predicted molar refractivity (Wildman–Crippen MR) is 69.4 cm³/mol. The van der Waals surface area contributed by atoms with Gasteiger partial charge in [-0.1, -0.05) is 30.3 Å². The molecule has 0 aliphatic rings. The van der Waals surface area contributed by atoms with Crippen LogP contribution in [0.1, 0.15) is 11.3 Å². The first-order chi connectivity index (χ1) is 9.25. The van der Waals surface area contributed by atoms with Crippen molar-refractivity contribution in [2.75, 3.05) is 0 Å². The molecule has 0 aliphatic heterocycles. The second-order valence-electron chi connectivity index (χ2n) is 3.88. The monoisotopic (exact) mass is 258 g/mol. The average molecular weight is 258 g/mol. The number of ether oxygens (including phenoxy) is 1. The predicted octanol–water partition coefficient (Wildman–Crippen LogP) is 2.21. The highest BCUT2D eigenvalue weighted by atomic mass is 16.5. The van der Waals surface area contributed by atoms with Crippen LogP contribution in [0.4, 0.5) is 4.79 Å². The molecule has 0 unspecified atom stereocenters. The molecule has 0 atom stereocenters. The third-order valence-electron chi connectivity index (χ3n) is 2.48. The molecule has 5 heteroatoms. The van der Waals surface area contributed by atoms with Crippen LogP contribution in [0.2, 0.25) is 0 Å². The van der Waals surface area contributed by atoms with Gasteiger partial charge in [0.15, 0.2) is 0 Å². The molecule has 2 rings (SSSR count). The fourth-order valence-electron chi connectivity index (χ4n) is 1.50. The number of benzene rings is 1. The van der Waals surface area contributed by atoms with E-state index in [-0.39, 0.29) is 18.9 Å². The van der Waals surface area contributed by atoms with Gasteiger partial charge in [0.05, 0.1) is 6.54 Å². The van der Waals surface area contributed by atoms with E-state index < -0.39 is 6.09 Å². The Hall–Kier alpha value is -2.56. The number of carbonyl (C=O) groups is 1. The second-order valence-corrected chi connectivity index (χ2v) is 3.88. The molecule has 19 heavy (non-hydrogen) atoms. The highest BCUT2D eigenvalue weighted by Gasteiger charge is 2.05. The Bertz CT molecular complexity index is 543. The molecule has 0 saturated carbocycles. The third-order valence-corrected chi connectivity index (χ3v) is 2.48. The first-order valence-corrected chi connectivity index (χ1v) is 5.83. The van der Waals surface area contributed by atoms with Gasteiger partial charge in [0.25, 0.3) is 0 Å². The van der Waals surface area contributed by atoms with E-state index in [1.54, 1.807) is 12.3 Å². The summed E-state index contributed by atoms with van der Waals surface area (Å²) in [5.74, 6) is 0.0471. The van der Waals surface area contributed by atoms with Gasteiger partial charge in [-0.15, -0.1) is 0 Å². The summed E-state index contributed by atoms with van der Waals surface area (Å²) in [6.45, 7) is 0.334. The lowest BCUT2D eigenvalue weighted by Crippen LogP contribution is -2.24. The highest BCUT2D eigenvalue weighted by molar-refractivity contribution is 5.67. The maximum Gasteiger partial charge on any atom is 0.407 e. The van der Waals surface area contributed by atoms with E-state index in [2.05, 4.69) is 10.3 Å². The number of hydrogen-bond donors (Lipinski definition) is 2. The molecule has 1 heterocycles. The Balaban J connectivity index is 1.78. The van der Waals surface area contributed by atoms with Gasteiger partial charge in [-0.05, 0) is 17.7 Å². The van der Waals surface area contributed by atoms with Crippen LogP contribution >= 0.6 is 0 Å². The van der Waals surface area contributed by atoms with E-state index in [4.69, 9.17) is 4.74 Å². The molecule has 2 aromatic rings. The van der Waals surface area contributed by atoms with E-state index >= 15 is 0 Å². The van der Waals surface area contributed by atoms with Crippen molar-refractivity contribution in [3.05, 3.63) is 59.9 Å². The van der Waals surface area contributed by atoms with Gasteiger partial charge in [0, 0.05) is 6.20 Å². The average Bonchev–Trinajstić information content (AvgIpc) is 2.45. The smallest absolute Gasteiger partial charge is 0.407 e. The second kappa shape index (κ2) is 6.39. The third kappa shape index (κ3) is 3.99. The van der Waals surface area contributed by atoms with E-state index in [0.29, 0.717) is 5.69 Å². The minimum atomic E-state index is -0.547. The number of aromatic hydroxyl groups is 1. The lowest BCUT2D eigenvalue weighted by Gasteiger charge is -2.07. The van der Waals surface area contributed by atoms with Gasteiger partial charge < -0.3 is 15.2 Å². The number of carbonyl (C=O) groups excluding carboxylic acids is 1. The number of pyridine rings is 1. The molecular formula is C14H14N2O3. The van der Waals surface area contributed by atoms with E-state index in [0.717, 1.165) is 5.56 Å². The molecule has 0 aliphatic carbocycles.